The molecule has 1 atom stereocenters. The van der Waals surface area contributed by atoms with Crippen LogP contribution in [-0.2, 0) is 0 Å². The Balaban J connectivity index is 2.35. The van der Waals surface area contributed by atoms with E-state index in [4.69, 9.17) is 5.11 Å². The summed E-state index contributed by atoms with van der Waals surface area (Å²) in [6, 6.07) is 5.35. The van der Waals surface area contributed by atoms with Gasteiger partial charge in [0, 0.05) is 28.2 Å². The highest BCUT2D eigenvalue weighted by Gasteiger charge is 2.11. The first kappa shape index (κ1) is 12.6. The molecule has 0 radical (unpaired) electrons. The molecule has 1 heterocycles. The summed E-state index contributed by atoms with van der Waals surface area (Å²) in [6.07, 6.45) is 0. The van der Waals surface area contributed by atoms with Crippen molar-refractivity contribution in [3.63, 3.8) is 0 Å². The van der Waals surface area contributed by atoms with Crippen LogP contribution in [0.2, 0.25) is 0 Å². The minimum absolute atomic E-state index is 0.0593. The van der Waals surface area contributed by atoms with Crippen LogP contribution in [0, 0.1) is 13.8 Å². The maximum absolute atomic E-state index is 11.9. The summed E-state index contributed by atoms with van der Waals surface area (Å²) in [7, 11) is 0. The molecule has 0 bridgehead atoms. The summed E-state index contributed by atoms with van der Waals surface area (Å²) in [5.41, 5.74) is 3.93. The van der Waals surface area contributed by atoms with E-state index in [0.717, 1.165) is 22.2 Å². The second-order valence-corrected chi connectivity index (χ2v) is 4.69. The number of carbonyl (C=O) groups is 1. The lowest BCUT2D eigenvalue weighted by molar-refractivity contribution is 0.0922. The maximum atomic E-state index is 11.9. The lowest BCUT2D eigenvalue weighted by Gasteiger charge is -2.10. The molecule has 1 amide bonds. The Labute approximate surface area is 106 Å². The van der Waals surface area contributed by atoms with Crippen molar-refractivity contribution >= 4 is 16.8 Å². The molecule has 0 aliphatic carbocycles. The number of amides is 1. The molecule has 0 aliphatic heterocycles. The molecule has 4 heteroatoms. The van der Waals surface area contributed by atoms with E-state index < -0.39 is 0 Å². The zero-order valence-corrected chi connectivity index (χ0v) is 10.9. The molecule has 18 heavy (non-hydrogen) atoms. The van der Waals surface area contributed by atoms with Crippen LogP contribution in [0.5, 0.6) is 0 Å². The van der Waals surface area contributed by atoms with E-state index in [9.17, 15) is 4.79 Å². The van der Waals surface area contributed by atoms with Crippen molar-refractivity contribution < 1.29 is 9.90 Å². The predicted molar refractivity (Wildman–Crippen MR) is 71.8 cm³/mol. The van der Waals surface area contributed by atoms with Gasteiger partial charge in [-0.2, -0.15) is 0 Å². The Kier molecular flexibility index (Phi) is 3.39. The molecule has 0 fully saturated rings. The second-order valence-electron chi connectivity index (χ2n) is 4.69. The van der Waals surface area contributed by atoms with Crippen molar-refractivity contribution in [1.82, 2.24) is 10.3 Å². The standard InChI is InChI=1S/C14H18N2O2/c1-8(7-17)15-14(18)11-4-5-13-12(6-11)9(2)10(3)16-13/h4-6,8,16-17H,7H2,1-3H3,(H,15,18)/t8-/m1/s1. The van der Waals surface area contributed by atoms with E-state index in [1.165, 1.54) is 0 Å². The first-order valence-corrected chi connectivity index (χ1v) is 6.03. The normalized spacial score (nSPS) is 12.7. The topological polar surface area (TPSA) is 65.1 Å². The molecule has 1 aromatic carbocycles. The van der Waals surface area contributed by atoms with Gasteiger partial charge < -0.3 is 15.4 Å². The number of aromatic nitrogens is 1. The number of aromatic amines is 1. The van der Waals surface area contributed by atoms with Crippen molar-refractivity contribution in [2.75, 3.05) is 6.61 Å². The summed E-state index contributed by atoms with van der Waals surface area (Å²) in [4.78, 5) is 15.2. The average molecular weight is 246 g/mol. The molecule has 0 unspecified atom stereocenters. The van der Waals surface area contributed by atoms with E-state index in [2.05, 4.69) is 10.3 Å². The van der Waals surface area contributed by atoms with E-state index in [0.29, 0.717) is 5.56 Å². The molecule has 96 valence electrons. The van der Waals surface area contributed by atoms with E-state index in [1.807, 2.05) is 26.0 Å². The van der Waals surface area contributed by atoms with Crippen LogP contribution >= 0.6 is 0 Å². The van der Waals surface area contributed by atoms with Crippen LogP contribution in [0.25, 0.3) is 10.9 Å². The average Bonchev–Trinajstić information content (AvgIpc) is 2.64. The zero-order valence-electron chi connectivity index (χ0n) is 10.9. The molecular formula is C14H18N2O2. The molecule has 2 rings (SSSR count). The molecule has 3 N–H and O–H groups in total. The lowest BCUT2D eigenvalue weighted by atomic mass is 10.1. The van der Waals surface area contributed by atoms with Gasteiger partial charge in [-0.15, -0.1) is 0 Å². The fourth-order valence-corrected chi connectivity index (χ4v) is 1.96. The Morgan fingerprint density at radius 2 is 2.17 bits per heavy atom. The summed E-state index contributed by atoms with van der Waals surface area (Å²) in [5, 5.41) is 12.7. The largest absolute Gasteiger partial charge is 0.394 e. The number of carbonyl (C=O) groups excluding carboxylic acids is 1. The monoisotopic (exact) mass is 246 g/mol. The first-order valence-electron chi connectivity index (χ1n) is 6.03. The SMILES string of the molecule is Cc1[nH]c2ccc(C(=O)N[C@H](C)CO)cc2c1C. The summed E-state index contributed by atoms with van der Waals surface area (Å²) < 4.78 is 0. The van der Waals surface area contributed by atoms with Gasteiger partial charge in [-0.25, -0.2) is 0 Å². The van der Waals surface area contributed by atoms with Crippen molar-refractivity contribution in [2.45, 2.75) is 26.8 Å². The van der Waals surface area contributed by atoms with Crippen LogP contribution in [0.15, 0.2) is 18.2 Å². The number of H-pyrrole nitrogens is 1. The van der Waals surface area contributed by atoms with Gasteiger partial charge in [-0.1, -0.05) is 0 Å². The van der Waals surface area contributed by atoms with Gasteiger partial charge >= 0.3 is 0 Å². The van der Waals surface area contributed by atoms with E-state index in [-0.39, 0.29) is 18.6 Å². The summed E-state index contributed by atoms with van der Waals surface area (Å²) in [6.45, 7) is 5.76. The Bertz CT molecular complexity index is 587. The van der Waals surface area contributed by atoms with Crippen LogP contribution in [0.1, 0.15) is 28.5 Å². The number of aliphatic hydroxyl groups excluding tert-OH is 1. The number of hydrogen-bond donors (Lipinski definition) is 3. The van der Waals surface area contributed by atoms with Crippen molar-refractivity contribution in [1.29, 1.82) is 0 Å². The number of fused-ring (bicyclic) bond motifs is 1. The van der Waals surface area contributed by atoms with Gasteiger partial charge in [0.05, 0.1) is 6.61 Å². The predicted octanol–water partition coefficient (Wildman–Crippen LogP) is 1.90. The molecule has 0 saturated carbocycles. The third kappa shape index (κ3) is 2.24. The third-order valence-corrected chi connectivity index (χ3v) is 3.22. The van der Waals surface area contributed by atoms with E-state index in [1.54, 1.807) is 13.0 Å². The van der Waals surface area contributed by atoms with Crippen molar-refractivity contribution in [3.05, 3.63) is 35.0 Å². The smallest absolute Gasteiger partial charge is 0.251 e. The first-order chi connectivity index (χ1) is 8.52. The summed E-state index contributed by atoms with van der Waals surface area (Å²) in [5.74, 6) is -0.156. The highest BCUT2D eigenvalue weighted by atomic mass is 16.3. The highest BCUT2D eigenvalue weighted by Crippen LogP contribution is 2.22. The van der Waals surface area contributed by atoms with Crippen LogP contribution < -0.4 is 5.32 Å². The number of rotatable bonds is 3. The number of benzene rings is 1. The Hall–Kier alpha value is -1.81. The molecule has 2 aromatic rings. The highest BCUT2D eigenvalue weighted by molar-refractivity contribution is 5.99. The van der Waals surface area contributed by atoms with Gasteiger partial charge in [0.25, 0.3) is 5.91 Å². The minimum atomic E-state index is -0.234. The Morgan fingerprint density at radius 3 is 2.83 bits per heavy atom. The van der Waals surface area contributed by atoms with Crippen LogP contribution in [0.4, 0.5) is 0 Å². The van der Waals surface area contributed by atoms with Crippen LogP contribution in [-0.4, -0.2) is 28.6 Å². The van der Waals surface area contributed by atoms with Gasteiger partial charge in [0.1, 0.15) is 0 Å². The van der Waals surface area contributed by atoms with Gasteiger partial charge in [-0.05, 0) is 44.5 Å². The third-order valence-electron chi connectivity index (χ3n) is 3.22. The van der Waals surface area contributed by atoms with Crippen molar-refractivity contribution in [3.8, 4) is 0 Å². The molecule has 4 nitrogen and oxygen atoms in total. The number of aryl methyl sites for hydroxylation is 2. The van der Waals surface area contributed by atoms with Crippen LogP contribution in [0.3, 0.4) is 0 Å². The molecule has 0 spiro atoms. The quantitative estimate of drug-likeness (QED) is 0.774. The van der Waals surface area contributed by atoms with Gasteiger partial charge in [-0.3, -0.25) is 4.79 Å². The zero-order chi connectivity index (χ0) is 13.3. The molecule has 0 saturated heterocycles. The fraction of sp³-hybridized carbons (Fsp3) is 0.357. The second kappa shape index (κ2) is 4.82. The number of aliphatic hydroxyl groups is 1. The number of nitrogens with one attached hydrogen (secondary N) is 2. The lowest BCUT2D eigenvalue weighted by Crippen LogP contribution is -2.34. The van der Waals surface area contributed by atoms with Gasteiger partial charge in [0.2, 0.25) is 0 Å². The minimum Gasteiger partial charge on any atom is -0.394 e. The summed E-state index contributed by atoms with van der Waals surface area (Å²) >= 11 is 0. The van der Waals surface area contributed by atoms with Crippen molar-refractivity contribution in [2.24, 2.45) is 0 Å². The van der Waals surface area contributed by atoms with Gasteiger partial charge in [0.15, 0.2) is 0 Å². The fourth-order valence-electron chi connectivity index (χ4n) is 1.96. The molecular weight excluding hydrogens is 228 g/mol. The molecule has 0 aliphatic rings. The maximum Gasteiger partial charge on any atom is 0.251 e. The number of hydrogen-bond acceptors (Lipinski definition) is 2. The Morgan fingerprint density at radius 1 is 1.44 bits per heavy atom. The molecule has 1 aromatic heterocycles. The van der Waals surface area contributed by atoms with E-state index >= 15 is 0 Å².